The minimum absolute atomic E-state index is 0.137. The molecular formula is C36H57N3O8. The van der Waals surface area contributed by atoms with E-state index in [9.17, 15) is 14.4 Å². The monoisotopic (exact) mass is 659 g/mol. The molecule has 11 nitrogen and oxygen atoms in total. The molecule has 0 bridgehead atoms. The lowest BCUT2D eigenvalue weighted by Crippen LogP contribution is -2.60. The summed E-state index contributed by atoms with van der Waals surface area (Å²) in [4.78, 5) is 45.5. The average Bonchev–Trinajstić information content (AvgIpc) is 3.03. The number of nitrogens with one attached hydrogen (secondary N) is 1. The summed E-state index contributed by atoms with van der Waals surface area (Å²) in [5.41, 5.74) is -1.19. The third-order valence-corrected chi connectivity index (χ3v) is 10.3. The molecule has 3 heterocycles. The highest BCUT2D eigenvalue weighted by atomic mass is 16.7. The summed E-state index contributed by atoms with van der Waals surface area (Å²) >= 11 is 0. The van der Waals surface area contributed by atoms with E-state index in [1.807, 2.05) is 46.0 Å². The van der Waals surface area contributed by atoms with Gasteiger partial charge in [-0.3, -0.25) is 9.59 Å². The Hall–Kier alpha value is -2.41. The van der Waals surface area contributed by atoms with Crippen LogP contribution in [0.25, 0.3) is 0 Å². The Morgan fingerprint density at radius 1 is 1.06 bits per heavy atom. The second-order valence-electron chi connectivity index (χ2n) is 14.7. The maximum Gasteiger partial charge on any atom is 0.338 e. The molecule has 1 spiro atoms. The summed E-state index contributed by atoms with van der Waals surface area (Å²) in [5.74, 6) is -2.95. The molecule has 0 radical (unpaired) electrons. The maximum absolute atomic E-state index is 14.2. The van der Waals surface area contributed by atoms with Crippen LogP contribution < -0.4 is 5.32 Å². The first kappa shape index (κ1) is 37.4. The maximum atomic E-state index is 14.2. The topological polar surface area (TPSA) is 116 Å². The van der Waals surface area contributed by atoms with Gasteiger partial charge >= 0.3 is 11.9 Å². The highest BCUT2D eigenvalue weighted by Gasteiger charge is 2.51. The quantitative estimate of drug-likeness (QED) is 0.357. The molecule has 3 aliphatic rings. The van der Waals surface area contributed by atoms with E-state index in [1.54, 1.807) is 45.2 Å². The van der Waals surface area contributed by atoms with Gasteiger partial charge in [0.25, 0.3) is 0 Å². The number of hydrogen-bond acceptors (Lipinski definition) is 11. The van der Waals surface area contributed by atoms with Crippen LogP contribution in [0.3, 0.4) is 0 Å². The van der Waals surface area contributed by atoms with Crippen LogP contribution in [-0.4, -0.2) is 124 Å². The molecule has 0 aliphatic carbocycles. The van der Waals surface area contributed by atoms with Crippen molar-refractivity contribution in [2.75, 3.05) is 54.4 Å². The largest absolute Gasteiger partial charge is 0.457 e. The SMILES string of the molecule is CO[C@]1(C)C[C@@H](C)CN(C)CC2(CCNCC2)OC(=O)C(C)C(=O)[C@H](C)[C@H]1O[C@@H]1O[C@H](C)C[C@H](N(C)C)[C@H]1OC(=O)c1ccccc1. The van der Waals surface area contributed by atoms with Crippen LogP contribution >= 0.6 is 0 Å². The molecule has 47 heavy (non-hydrogen) atoms. The van der Waals surface area contributed by atoms with Crippen molar-refractivity contribution in [3.8, 4) is 0 Å². The number of hydrogen-bond donors (Lipinski definition) is 1. The fourth-order valence-electron chi connectivity index (χ4n) is 7.76. The summed E-state index contributed by atoms with van der Waals surface area (Å²) in [6.45, 7) is 12.3. The van der Waals surface area contributed by atoms with E-state index in [0.29, 0.717) is 37.8 Å². The third kappa shape index (κ3) is 8.99. The van der Waals surface area contributed by atoms with Gasteiger partial charge in [-0.25, -0.2) is 4.79 Å². The van der Waals surface area contributed by atoms with Gasteiger partial charge in [0, 0.05) is 39.0 Å². The van der Waals surface area contributed by atoms with Crippen molar-refractivity contribution < 1.29 is 38.1 Å². The van der Waals surface area contributed by atoms with Crippen molar-refractivity contribution in [3.05, 3.63) is 35.9 Å². The van der Waals surface area contributed by atoms with Crippen LogP contribution in [0.15, 0.2) is 30.3 Å². The lowest BCUT2D eigenvalue weighted by molar-refractivity contribution is -0.294. The number of likely N-dealkylation sites (N-methyl/N-ethyl adjacent to an activating group) is 2. The number of esters is 2. The number of benzene rings is 1. The Morgan fingerprint density at radius 2 is 1.72 bits per heavy atom. The fraction of sp³-hybridized carbons (Fsp3) is 0.750. The zero-order chi connectivity index (χ0) is 34.5. The number of carbonyl (C=O) groups is 3. The Labute approximate surface area is 280 Å². The van der Waals surface area contributed by atoms with Gasteiger partial charge in [-0.15, -0.1) is 0 Å². The molecule has 4 rings (SSSR count). The Morgan fingerprint density at radius 3 is 2.34 bits per heavy atom. The zero-order valence-electron chi connectivity index (χ0n) is 29.8. The minimum Gasteiger partial charge on any atom is -0.457 e. The first-order valence-electron chi connectivity index (χ1n) is 17.1. The van der Waals surface area contributed by atoms with E-state index in [1.165, 1.54) is 0 Å². The molecule has 3 aliphatic heterocycles. The fourth-order valence-corrected chi connectivity index (χ4v) is 7.76. The molecule has 1 N–H and O–H groups in total. The zero-order valence-corrected chi connectivity index (χ0v) is 29.8. The van der Waals surface area contributed by atoms with Crippen molar-refractivity contribution in [2.24, 2.45) is 17.8 Å². The second-order valence-corrected chi connectivity index (χ2v) is 14.7. The lowest BCUT2D eigenvalue weighted by atomic mass is 9.78. The molecule has 1 aromatic rings. The van der Waals surface area contributed by atoms with E-state index >= 15 is 0 Å². The van der Waals surface area contributed by atoms with E-state index in [4.69, 9.17) is 23.7 Å². The molecule has 3 saturated heterocycles. The van der Waals surface area contributed by atoms with Crippen LogP contribution in [0.2, 0.25) is 0 Å². The van der Waals surface area contributed by atoms with E-state index in [2.05, 4.69) is 17.1 Å². The second kappa shape index (κ2) is 15.9. The molecule has 0 aromatic heterocycles. The minimum atomic E-state index is -1.01. The molecule has 11 heteroatoms. The van der Waals surface area contributed by atoms with Crippen LogP contribution in [0.1, 0.15) is 70.7 Å². The summed E-state index contributed by atoms with van der Waals surface area (Å²) in [6, 6.07) is 8.62. The molecular weight excluding hydrogens is 602 g/mol. The highest BCUT2D eigenvalue weighted by molar-refractivity contribution is 6.00. The Balaban J connectivity index is 1.71. The van der Waals surface area contributed by atoms with Gasteiger partial charge in [-0.2, -0.15) is 0 Å². The first-order chi connectivity index (χ1) is 22.2. The summed E-state index contributed by atoms with van der Waals surface area (Å²) < 4.78 is 32.0. The number of ether oxygens (including phenoxy) is 5. The number of ketones is 1. The predicted octanol–water partition coefficient (Wildman–Crippen LogP) is 3.55. The molecule has 0 amide bonds. The van der Waals surface area contributed by atoms with Crippen LogP contribution in [0.4, 0.5) is 0 Å². The molecule has 9 atom stereocenters. The first-order valence-corrected chi connectivity index (χ1v) is 17.1. The standard InChI is InChI=1S/C36H57N3O8/c1-23-20-35(5,43-9)31(25(3)29(40)26(4)32(41)47-36(22-39(8)21-23)15-17-37-18-16-36)46-34-30(28(38(6)7)19-24(2)44-34)45-33(42)27-13-11-10-12-14-27/h10-14,23-26,28,30-31,34,37H,15-22H2,1-9H3/t23-,24-,25+,26?,28+,30-,31-,34+,35-/m1/s1. The summed E-state index contributed by atoms with van der Waals surface area (Å²) in [7, 11) is 7.55. The van der Waals surface area contributed by atoms with Crippen molar-refractivity contribution in [1.29, 1.82) is 0 Å². The summed E-state index contributed by atoms with van der Waals surface area (Å²) in [6.07, 6.45) is -0.295. The normalized spacial score (nSPS) is 36.2. The van der Waals surface area contributed by atoms with Gasteiger partial charge < -0.3 is 38.8 Å². The Kier molecular flexibility index (Phi) is 12.6. The number of carbonyl (C=O) groups excluding carboxylic acids is 3. The predicted molar refractivity (Wildman–Crippen MR) is 178 cm³/mol. The van der Waals surface area contributed by atoms with Crippen LogP contribution in [0, 0.1) is 17.8 Å². The number of methoxy groups -OCH3 is 1. The highest BCUT2D eigenvalue weighted by Crippen LogP contribution is 2.38. The average molecular weight is 660 g/mol. The van der Waals surface area contributed by atoms with E-state index in [0.717, 1.165) is 19.6 Å². The third-order valence-electron chi connectivity index (χ3n) is 10.3. The van der Waals surface area contributed by atoms with Gasteiger partial charge in [0.1, 0.15) is 11.5 Å². The number of nitrogens with zero attached hydrogens (tertiary/aromatic N) is 2. The van der Waals surface area contributed by atoms with Crippen molar-refractivity contribution >= 4 is 17.7 Å². The smallest absolute Gasteiger partial charge is 0.338 e. The molecule has 3 fully saturated rings. The number of rotatable bonds is 6. The molecule has 0 saturated carbocycles. The molecule has 1 unspecified atom stereocenters. The van der Waals surface area contributed by atoms with Gasteiger partial charge in [-0.1, -0.05) is 32.0 Å². The van der Waals surface area contributed by atoms with Crippen molar-refractivity contribution in [2.45, 2.75) is 102 Å². The number of piperidine rings is 1. The van der Waals surface area contributed by atoms with Crippen molar-refractivity contribution in [1.82, 2.24) is 15.1 Å². The van der Waals surface area contributed by atoms with Crippen LogP contribution in [-0.2, 0) is 33.3 Å². The van der Waals surface area contributed by atoms with Crippen molar-refractivity contribution in [3.63, 3.8) is 0 Å². The molecule has 1 aromatic carbocycles. The van der Waals surface area contributed by atoms with E-state index in [-0.39, 0.29) is 23.8 Å². The van der Waals surface area contributed by atoms with Gasteiger partial charge in [0.2, 0.25) is 0 Å². The lowest BCUT2D eigenvalue weighted by Gasteiger charge is -2.47. The Bertz CT molecular complexity index is 1210. The summed E-state index contributed by atoms with van der Waals surface area (Å²) in [5, 5.41) is 3.36. The van der Waals surface area contributed by atoms with E-state index < -0.39 is 53.5 Å². The molecule has 264 valence electrons. The number of Topliss-reactive ketones (excluding diaryl/α,β-unsaturated/α-hetero) is 1. The van der Waals surface area contributed by atoms with Gasteiger partial charge in [-0.05, 0) is 85.9 Å². The van der Waals surface area contributed by atoms with Crippen LogP contribution in [0.5, 0.6) is 0 Å². The van der Waals surface area contributed by atoms with Gasteiger partial charge in [0.05, 0.1) is 29.4 Å². The van der Waals surface area contributed by atoms with Gasteiger partial charge in [0.15, 0.2) is 18.2 Å².